The van der Waals surface area contributed by atoms with Crippen molar-refractivity contribution in [2.45, 2.75) is 25.8 Å². The fourth-order valence-electron chi connectivity index (χ4n) is 2.87. The van der Waals surface area contributed by atoms with E-state index in [1.807, 2.05) is 6.07 Å². The number of rotatable bonds is 4. The molecule has 1 amide bonds. The molecule has 1 aromatic carbocycles. The first kappa shape index (κ1) is 16.3. The van der Waals surface area contributed by atoms with Crippen LogP contribution < -0.4 is 11.1 Å². The summed E-state index contributed by atoms with van der Waals surface area (Å²) in [4.78, 5) is 17.5. The molecule has 2 rings (SSSR count). The first-order chi connectivity index (χ1) is 10.6. The van der Waals surface area contributed by atoms with Gasteiger partial charge in [0.05, 0.1) is 0 Å². The van der Waals surface area contributed by atoms with E-state index in [0.717, 1.165) is 37.5 Å². The number of hydrogen-bond donors (Lipinski definition) is 2. The van der Waals surface area contributed by atoms with Crippen LogP contribution in [-0.2, 0) is 11.3 Å². The number of guanidine groups is 1. The number of carbonyl (C=O) groups is 1. The minimum Gasteiger partial charge on any atom is -0.370 e. The molecule has 0 bridgehead atoms. The van der Waals surface area contributed by atoms with E-state index in [9.17, 15) is 9.18 Å². The van der Waals surface area contributed by atoms with Crippen molar-refractivity contribution in [3.05, 3.63) is 35.6 Å². The zero-order valence-corrected chi connectivity index (χ0v) is 12.9. The van der Waals surface area contributed by atoms with Crippen LogP contribution in [0.3, 0.4) is 0 Å². The maximum absolute atomic E-state index is 13.2. The average molecular weight is 306 g/mol. The largest absolute Gasteiger partial charge is 0.370 e. The molecule has 6 heteroatoms. The number of amides is 1. The normalized spacial score (nSPS) is 19.1. The van der Waals surface area contributed by atoms with Crippen LogP contribution >= 0.6 is 0 Å². The summed E-state index contributed by atoms with van der Waals surface area (Å²) >= 11 is 0. The molecule has 22 heavy (non-hydrogen) atoms. The van der Waals surface area contributed by atoms with E-state index in [4.69, 9.17) is 5.73 Å². The lowest BCUT2D eigenvalue weighted by atomic mass is 9.95. The highest BCUT2D eigenvalue weighted by molar-refractivity contribution is 5.80. The van der Waals surface area contributed by atoms with E-state index in [2.05, 4.69) is 15.2 Å². The summed E-state index contributed by atoms with van der Waals surface area (Å²) in [5.41, 5.74) is 6.15. The Balaban J connectivity index is 1.92. The van der Waals surface area contributed by atoms with Crippen LogP contribution in [0.4, 0.5) is 4.39 Å². The molecular weight excluding hydrogens is 283 g/mol. The van der Waals surface area contributed by atoms with Gasteiger partial charge in [-0.25, -0.2) is 4.39 Å². The van der Waals surface area contributed by atoms with Crippen LogP contribution in [0.25, 0.3) is 0 Å². The molecule has 1 aromatic rings. The highest BCUT2D eigenvalue weighted by Crippen LogP contribution is 2.19. The molecular formula is C16H23FN4O. The third-order valence-electron chi connectivity index (χ3n) is 3.86. The van der Waals surface area contributed by atoms with Crippen molar-refractivity contribution in [3.8, 4) is 0 Å². The van der Waals surface area contributed by atoms with Gasteiger partial charge in [-0.2, -0.15) is 0 Å². The highest BCUT2D eigenvalue weighted by Gasteiger charge is 2.23. The standard InChI is InChI=1S/C16H23FN4O/c1-19-16(20-10-12-4-2-6-14(17)8-12)21-7-3-5-13(11-21)9-15(18)22/h2,4,6,8,13H,3,5,7,9-11H2,1H3,(H2,18,22)(H,19,20). The summed E-state index contributed by atoms with van der Waals surface area (Å²) in [6, 6.07) is 6.50. The molecule has 0 spiro atoms. The zero-order chi connectivity index (χ0) is 15.9. The number of nitrogens with one attached hydrogen (secondary N) is 1. The molecule has 0 aliphatic carbocycles. The van der Waals surface area contributed by atoms with Crippen molar-refractivity contribution in [1.29, 1.82) is 0 Å². The molecule has 5 nitrogen and oxygen atoms in total. The number of hydrogen-bond acceptors (Lipinski definition) is 2. The van der Waals surface area contributed by atoms with Gasteiger partial charge in [0.25, 0.3) is 0 Å². The molecule has 0 aromatic heterocycles. The van der Waals surface area contributed by atoms with Gasteiger partial charge in [-0.05, 0) is 36.5 Å². The summed E-state index contributed by atoms with van der Waals surface area (Å²) in [5.74, 6) is 0.556. The van der Waals surface area contributed by atoms with Crippen molar-refractivity contribution in [3.63, 3.8) is 0 Å². The Morgan fingerprint density at radius 2 is 2.36 bits per heavy atom. The summed E-state index contributed by atoms with van der Waals surface area (Å²) in [5, 5.41) is 3.25. The van der Waals surface area contributed by atoms with Crippen molar-refractivity contribution in [2.75, 3.05) is 20.1 Å². The number of halogens is 1. The van der Waals surface area contributed by atoms with Gasteiger partial charge in [-0.3, -0.25) is 9.79 Å². The Hall–Kier alpha value is -2.11. The molecule has 120 valence electrons. The Morgan fingerprint density at radius 1 is 1.55 bits per heavy atom. The number of nitrogens with two attached hydrogens (primary N) is 1. The van der Waals surface area contributed by atoms with Crippen LogP contribution in [-0.4, -0.2) is 36.9 Å². The van der Waals surface area contributed by atoms with E-state index >= 15 is 0 Å². The Bertz CT molecular complexity index is 547. The fraction of sp³-hybridized carbons (Fsp3) is 0.500. The number of benzene rings is 1. The number of aliphatic imine (C=N–C) groups is 1. The van der Waals surface area contributed by atoms with E-state index in [1.165, 1.54) is 12.1 Å². The molecule has 3 N–H and O–H groups in total. The van der Waals surface area contributed by atoms with Crippen molar-refractivity contribution in [1.82, 2.24) is 10.2 Å². The van der Waals surface area contributed by atoms with Gasteiger partial charge in [0, 0.05) is 33.1 Å². The number of likely N-dealkylation sites (tertiary alicyclic amines) is 1. The lowest BCUT2D eigenvalue weighted by Crippen LogP contribution is -2.46. The van der Waals surface area contributed by atoms with Crippen LogP contribution in [0.5, 0.6) is 0 Å². The molecule has 1 unspecified atom stereocenters. The van der Waals surface area contributed by atoms with Crippen LogP contribution in [0, 0.1) is 11.7 Å². The summed E-state index contributed by atoms with van der Waals surface area (Å²) in [7, 11) is 1.73. The van der Waals surface area contributed by atoms with E-state index in [-0.39, 0.29) is 17.6 Å². The smallest absolute Gasteiger partial charge is 0.217 e. The predicted molar refractivity (Wildman–Crippen MR) is 84.7 cm³/mol. The lowest BCUT2D eigenvalue weighted by molar-refractivity contribution is -0.119. The molecule has 1 fully saturated rings. The monoisotopic (exact) mass is 306 g/mol. The lowest BCUT2D eigenvalue weighted by Gasteiger charge is -2.34. The minimum atomic E-state index is -0.255. The van der Waals surface area contributed by atoms with Gasteiger partial charge < -0.3 is 16.0 Å². The van der Waals surface area contributed by atoms with Gasteiger partial charge in [0.1, 0.15) is 5.82 Å². The maximum atomic E-state index is 13.2. The Morgan fingerprint density at radius 3 is 3.05 bits per heavy atom. The summed E-state index contributed by atoms with van der Waals surface area (Å²) in [6.45, 7) is 2.19. The molecule has 1 heterocycles. The fourth-order valence-corrected chi connectivity index (χ4v) is 2.87. The predicted octanol–water partition coefficient (Wildman–Crippen LogP) is 1.49. The highest BCUT2D eigenvalue weighted by atomic mass is 19.1. The zero-order valence-electron chi connectivity index (χ0n) is 12.9. The average Bonchev–Trinajstić information content (AvgIpc) is 2.48. The van der Waals surface area contributed by atoms with Crippen LogP contribution in [0.1, 0.15) is 24.8 Å². The van der Waals surface area contributed by atoms with Crippen molar-refractivity contribution >= 4 is 11.9 Å². The first-order valence-electron chi connectivity index (χ1n) is 7.57. The molecule has 1 aliphatic heterocycles. The number of carbonyl (C=O) groups excluding carboxylic acids is 1. The number of primary amides is 1. The van der Waals surface area contributed by atoms with E-state index in [0.29, 0.717) is 13.0 Å². The van der Waals surface area contributed by atoms with Gasteiger partial charge in [0.2, 0.25) is 5.91 Å². The minimum absolute atomic E-state index is 0.242. The van der Waals surface area contributed by atoms with Crippen molar-refractivity contribution < 1.29 is 9.18 Å². The second-order valence-electron chi connectivity index (χ2n) is 5.66. The van der Waals surface area contributed by atoms with Crippen LogP contribution in [0.15, 0.2) is 29.3 Å². The Labute approximate surface area is 130 Å². The van der Waals surface area contributed by atoms with Gasteiger partial charge in [0.15, 0.2) is 5.96 Å². The number of nitrogens with zero attached hydrogens (tertiary/aromatic N) is 2. The van der Waals surface area contributed by atoms with Crippen LogP contribution in [0.2, 0.25) is 0 Å². The maximum Gasteiger partial charge on any atom is 0.217 e. The SMILES string of the molecule is CN=C(NCc1cccc(F)c1)N1CCCC(CC(N)=O)C1. The summed E-state index contributed by atoms with van der Waals surface area (Å²) < 4.78 is 13.2. The molecule has 1 atom stereocenters. The Kier molecular flexibility index (Phi) is 5.75. The van der Waals surface area contributed by atoms with E-state index < -0.39 is 0 Å². The quantitative estimate of drug-likeness (QED) is 0.654. The first-order valence-corrected chi connectivity index (χ1v) is 7.57. The molecule has 1 saturated heterocycles. The third kappa shape index (κ3) is 4.72. The molecule has 0 radical (unpaired) electrons. The molecule has 1 aliphatic rings. The van der Waals surface area contributed by atoms with E-state index in [1.54, 1.807) is 13.1 Å². The molecule has 0 saturated carbocycles. The van der Waals surface area contributed by atoms with Crippen molar-refractivity contribution in [2.24, 2.45) is 16.6 Å². The summed E-state index contributed by atoms with van der Waals surface area (Å²) in [6.07, 6.45) is 2.44. The second-order valence-corrected chi connectivity index (χ2v) is 5.66. The second kappa shape index (κ2) is 7.77. The number of piperidine rings is 1. The van der Waals surface area contributed by atoms with Gasteiger partial charge >= 0.3 is 0 Å². The third-order valence-corrected chi connectivity index (χ3v) is 3.86. The van der Waals surface area contributed by atoms with Gasteiger partial charge in [-0.15, -0.1) is 0 Å². The van der Waals surface area contributed by atoms with Gasteiger partial charge in [-0.1, -0.05) is 12.1 Å². The topological polar surface area (TPSA) is 70.7 Å².